The summed E-state index contributed by atoms with van der Waals surface area (Å²) in [4.78, 5) is 0. The number of hydrogen-bond donors (Lipinski definition) is 3. The smallest absolute Gasteiger partial charge is 0.201 e. The summed E-state index contributed by atoms with van der Waals surface area (Å²) < 4.78 is 13.3. The molecule has 4 saturated carbocycles. The van der Waals surface area contributed by atoms with E-state index in [0.717, 1.165) is 44.1 Å². The number of ether oxygens (including phenoxy) is 2. The van der Waals surface area contributed by atoms with Crippen LogP contribution in [0.1, 0.15) is 93.4 Å². The van der Waals surface area contributed by atoms with E-state index < -0.39 is 29.0 Å². The van der Waals surface area contributed by atoms with E-state index in [0.29, 0.717) is 30.8 Å². The standard InChI is InChI=1S/C31H50O5/c1-17(2)18(3)15-23-29(8,34)24-19-9-10-21-27(6)13-12-22(32)26(4,5)20(27)11-14-28(21,7)30(19)16-35-31(24,36-23)25(30)33/h17,19-25,32-34H,3,9-16H2,1-2,4-8H3/t19-,20-,21-,22+,23-,24+,25-,27+,28-,29+,30+,31-/m1/s1. The molecule has 6 rings (SSSR count). The van der Waals surface area contributed by atoms with Gasteiger partial charge in [0.05, 0.1) is 30.3 Å². The van der Waals surface area contributed by atoms with E-state index in [-0.39, 0.29) is 34.2 Å². The molecule has 2 heterocycles. The molecular formula is C31H50O5. The molecule has 0 radical (unpaired) electrons. The van der Waals surface area contributed by atoms with Gasteiger partial charge in [-0.1, -0.05) is 53.7 Å². The van der Waals surface area contributed by atoms with Gasteiger partial charge in [0.1, 0.15) is 6.10 Å². The Balaban J connectivity index is 1.39. The zero-order valence-electron chi connectivity index (χ0n) is 23.6. The second-order valence-corrected chi connectivity index (χ2v) is 15.4. The van der Waals surface area contributed by atoms with Crippen LogP contribution in [0.4, 0.5) is 0 Å². The molecule has 2 saturated heterocycles. The highest BCUT2D eigenvalue weighted by atomic mass is 16.7. The molecule has 0 aromatic rings. The van der Waals surface area contributed by atoms with Crippen molar-refractivity contribution in [2.45, 2.75) is 123 Å². The molecule has 5 nitrogen and oxygen atoms in total. The van der Waals surface area contributed by atoms with Gasteiger partial charge in [-0.2, -0.15) is 0 Å². The van der Waals surface area contributed by atoms with E-state index >= 15 is 0 Å². The van der Waals surface area contributed by atoms with Crippen LogP contribution in [0.15, 0.2) is 12.2 Å². The maximum atomic E-state index is 12.3. The number of rotatable bonds is 3. The predicted octanol–water partition coefficient (Wildman–Crippen LogP) is 5.07. The van der Waals surface area contributed by atoms with Crippen LogP contribution in [-0.4, -0.2) is 51.6 Å². The first-order valence-corrected chi connectivity index (χ1v) is 14.7. The fourth-order valence-corrected chi connectivity index (χ4v) is 11.6. The van der Waals surface area contributed by atoms with E-state index in [4.69, 9.17) is 9.47 Å². The van der Waals surface area contributed by atoms with Crippen LogP contribution in [0.3, 0.4) is 0 Å². The van der Waals surface area contributed by atoms with Crippen molar-refractivity contribution in [3.8, 4) is 0 Å². The molecule has 36 heavy (non-hydrogen) atoms. The van der Waals surface area contributed by atoms with Gasteiger partial charge in [-0.05, 0) is 91.8 Å². The number of aliphatic hydroxyl groups excluding tert-OH is 2. The van der Waals surface area contributed by atoms with Crippen molar-refractivity contribution in [1.29, 1.82) is 0 Å². The quantitative estimate of drug-likeness (QED) is 0.470. The number of hydrogen-bond acceptors (Lipinski definition) is 5. The summed E-state index contributed by atoms with van der Waals surface area (Å²) in [5, 5.41) is 35.3. The molecule has 5 heteroatoms. The molecule has 0 amide bonds. The normalized spacial score (nSPS) is 58.8. The van der Waals surface area contributed by atoms with Crippen molar-refractivity contribution in [1.82, 2.24) is 0 Å². The van der Waals surface area contributed by atoms with Gasteiger partial charge in [0.25, 0.3) is 0 Å². The molecule has 0 unspecified atom stereocenters. The summed E-state index contributed by atoms with van der Waals surface area (Å²) in [6.07, 6.45) is 5.30. The first-order valence-electron chi connectivity index (χ1n) is 14.7. The van der Waals surface area contributed by atoms with E-state index in [2.05, 4.69) is 48.1 Å². The predicted molar refractivity (Wildman–Crippen MR) is 139 cm³/mol. The van der Waals surface area contributed by atoms with Crippen LogP contribution in [0.25, 0.3) is 0 Å². The summed E-state index contributed by atoms with van der Waals surface area (Å²) in [5.41, 5.74) is -0.474. The molecule has 12 atom stereocenters. The largest absolute Gasteiger partial charge is 0.393 e. The van der Waals surface area contributed by atoms with Gasteiger partial charge in [0.2, 0.25) is 5.79 Å². The molecule has 2 spiro atoms. The van der Waals surface area contributed by atoms with Crippen LogP contribution in [0.5, 0.6) is 0 Å². The first-order chi connectivity index (χ1) is 16.6. The van der Waals surface area contributed by atoms with Crippen LogP contribution in [0.2, 0.25) is 0 Å². The third-order valence-electron chi connectivity index (χ3n) is 13.6. The van der Waals surface area contributed by atoms with Crippen LogP contribution in [0, 0.1) is 51.2 Å². The Kier molecular flexibility index (Phi) is 5.29. The molecule has 2 bridgehead atoms. The Morgan fingerprint density at radius 1 is 0.972 bits per heavy atom. The average molecular weight is 503 g/mol. The highest BCUT2D eigenvalue weighted by Gasteiger charge is 2.86. The summed E-state index contributed by atoms with van der Waals surface area (Å²) in [7, 11) is 0. The van der Waals surface area contributed by atoms with Gasteiger partial charge in [-0.15, -0.1) is 0 Å². The minimum Gasteiger partial charge on any atom is -0.393 e. The second kappa shape index (κ2) is 7.38. The maximum Gasteiger partial charge on any atom is 0.201 e. The molecule has 4 aliphatic carbocycles. The lowest BCUT2D eigenvalue weighted by Crippen LogP contribution is -2.67. The number of fused-ring (bicyclic) bond motifs is 4. The molecule has 3 N–H and O–H groups in total. The Hall–Kier alpha value is -0.460. The topological polar surface area (TPSA) is 79.2 Å². The Bertz CT molecular complexity index is 957. The molecular weight excluding hydrogens is 452 g/mol. The second-order valence-electron chi connectivity index (χ2n) is 15.4. The van der Waals surface area contributed by atoms with Gasteiger partial charge in [-0.3, -0.25) is 0 Å². The van der Waals surface area contributed by atoms with E-state index in [1.165, 1.54) is 0 Å². The molecule has 2 aliphatic heterocycles. The summed E-state index contributed by atoms with van der Waals surface area (Å²) in [6, 6.07) is 0. The lowest BCUT2D eigenvalue weighted by atomic mass is 9.35. The molecule has 0 aromatic carbocycles. The molecule has 6 aliphatic rings. The lowest BCUT2D eigenvalue weighted by molar-refractivity contribution is -0.263. The Morgan fingerprint density at radius 3 is 2.33 bits per heavy atom. The summed E-state index contributed by atoms with van der Waals surface area (Å²) >= 11 is 0. The van der Waals surface area contributed by atoms with Crippen molar-refractivity contribution in [3.63, 3.8) is 0 Å². The van der Waals surface area contributed by atoms with Crippen molar-refractivity contribution >= 4 is 0 Å². The van der Waals surface area contributed by atoms with Crippen molar-refractivity contribution < 1.29 is 24.8 Å². The summed E-state index contributed by atoms with van der Waals surface area (Å²) in [6.45, 7) is 20.4. The van der Waals surface area contributed by atoms with Crippen molar-refractivity contribution in [2.75, 3.05) is 6.61 Å². The van der Waals surface area contributed by atoms with Crippen LogP contribution in [-0.2, 0) is 9.47 Å². The third kappa shape index (κ3) is 2.66. The average Bonchev–Trinajstić information content (AvgIpc) is 3.29. The monoisotopic (exact) mass is 502 g/mol. The van der Waals surface area contributed by atoms with Crippen LogP contribution < -0.4 is 0 Å². The van der Waals surface area contributed by atoms with Gasteiger partial charge < -0.3 is 24.8 Å². The lowest BCUT2D eigenvalue weighted by Gasteiger charge is -2.70. The highest BCUT2D eigenvalue weighted by Crippen LogP contribution is 2.80. The van der Waals surface area contributed by atoms with Crippen molar-refractivity contribution in [2.24, 2.45) is 51.2 Å². The van der Waals surface area contributed by atoms with Gasteiger partial charge >= 0.3 is 0 Å². The minimum atomic E-state index is -1.12. The van der Waals surface area contributed by atoms with E-state index in [1.54, 1.807) is 0 Å². The fourth-order valence-electron chi connectivity index (χ4n) is 11.6. The van der Waals surface area contributed by atoms with Gasteiger partial charge in [0.15, 0.2) is 0 Å². The van der Waals surface area contributed by atoms with Crippen molar-refractivity contribution in [3.05, 3.63) is 12.2 Å². The Morgan fingerprint density at radius 2 is 1.67 bits per heavy atom. The van der Waals surface area contributed by atoms with Gasteiger partial charge in [0, 0.05) is 5.41 Å². The molecule has 6 fully saturated rings. The van der Waals surface area contributed by atoms with Crippen LogP contribution >= 0.6 is 0 Å². The van der Waals surface area contributed by atoms with Gasteiger partial charge in [-0.25, -0.2) is 0 Å². The highest BCUT2D eigenvalue weighted by molar-refractivity contribution is 5.31. The maximum absolute atomic E-state index is 12.3. The zero-order valence-corrected chi connectivity index (χ0v) is 23.6. The molecule has 0 aromatic heterocycles. The Labute approximate surface area is 218 Å². The third-order valence-corrected chi connectivity index (χ3v) is 13.6. The molecule has 204 valence electrons. The van der Waals surface area contributed by atoms with E-state index in [9.17, 15) is 15.3 Å². The first kappa shape index (κ1) is 25.8. The van der Waals surface area contributed by atoms with E-state index in [1.807, 2.05) is 6.92 Å². The minimum absolute atomic E-state index is 0.0940. The zero-order chi connectivity index (χ0) is 26.3. The SMILES string of the molecule is C=C(C[C@H]1O[C@]23OC[C@]4([C@H](CC[C@@H]5[C@@]6(C)CC[C@H](O)C(C)(C)[C@H]6CC[C@]54C)[C@H]2[C@@]1(C)O)[C@H]3O)C(C)C. The number of aliphatic hydroxyl groups is 3. The summed E-state index contributed by atoms with van der Waals surface area (Å²) in [5.74, 6) is 0.0804. The fraction of sp³-hybridized carbons (Fsp3) is 0.935.